The number of nitrogens with zero attached hydrogens (tertiary/aromatic N) is 1. The number of hydrogen-bond donors (Lipinski definition) is 2. The van der Waals surface area contributed by atoms with Crippen LogP contribution in [0.25, 0.3) is 33.3 Å². The number of alkyl halides is 3. The van der Waals surface area contributed by atoms with Crippen LogP contribution in [0, 0.1) is 0 Å². The fourth-order valence-electron chi connectivity index (χ4n) is 4.21. The molecule has 1 aromatic heterocycles. The minimum atomic E-state index is -4.62. The highest BCUT2D eigenvalue weighted by atomic mass is 35.5. The molecule has 216 valence electrons. The van der Waals surface area contributed by atoms with Crippen molar-refractivity contribution < 1.29 is 26.4 Å². The number of allylic oxidation sites excluding steroid dienone is 1. The van der Waals surface area contributed by atoms with Crippen molar-refractivity contribution in [3.8, 4) is 22.4 Å². The average Bonchev–Trinajstić information content (AvgIpc) is 3.37. The molecule has 2 N–H and O–H groups in total. The number of halogens is 4. The van der Waals surface area contributed by atoms with Crippen LogP contribution in [0.15, 0.2) is 102 Å². The van der Waals surface area contributed by atoms with Gasteiger partial charge in [-0.05, 0) is 72.6 Å². The van der Waals surface area contributed by atoms with Crippen molar-refractivity contribution in [1.29, 1.82) is 0 Å². The number of carbonyl (C=O) groups is 1. The molecular formula is C31H25ClF3N3O3S. The maximum atomic E-state index is 13.4. The molecule has 42 heavy (non-hydrogen) atoms. The average molecular weight is 612 g/mol. The Balaban J connectivity index is 0.00000129. The molecule has 0 radical (unpaired) electrons. The molecule has 6 nitrogen and oxygen atoms in total. The Labute approximate surface area is 245 Å². The molecule has 0 spiro atoms. The highest BCUT2D eigenvalue weighted by Gasteiger charge is 2.31. The fourth-order valence-corrected chi connectivity index (χ4v) is 5.06. The first-order valence-corrected chi connectivity index (χ1v) is 14.7. The van der Waals surface area contributed by atoms with E-state index in [0.717, 1.165) is 29.3 Å². The third-order valence-electron chi connectivity index (χ3n) is 6.11. The van der Waals surface area contributed by atoms with Gasteiger partial charge in [0, 0.05) is 28.5 Å². The van der Waals surface area contributed by atoms with Crippen molar-refractivity contribution in [3.63, 3.8) is 0 Å². The zero-order valence-electron chi connectivity index (χ0n) is 22.5. The van der Waals surface area contributed by atoms with E-state index in [-0.39, 0.29) is 21.6 Å². The molecule has 0 saturated heterocycles. The number of aromatic nitrogens is 2. The summed E-state index contributed by atoms with van der Waals surface area (Å²) in [4.78, 5) is 13.3. The zero-order valence-corrected chi connectivity index (χ0v) is 24.0. The molecule has 0 bridgehead atoms. The van der Waals surface area contributed by atoms with Gasteiger partial charge in [0.15, 0.2) is 9.84 Å². The molecule has 5 rings (SSSR count). The van der Waals surface area contributed by atoms with E-state index in [1.165, 1.54) is 30.3 Å². The summed E-state index contributed by atoms with van der Waals surface area (Å²) < 4.78 is 64.5. The summed E-state index contributed by atoms with van der Waals surface area (Å²) in [6.07, 6.45) is -1.89. The summed E-state index contributed by atoms with van der Waals surface area (Å²) in [6, 6.07) is 20.3. The lowest BCUT2D eigenvalue weighted by molar-refractivity contribution is -0.137. The van der Waals surface area contributed by atoms with Crippen LogP contribution >= 0.6 is 11.6 Å². The number of anilines is 1. The molecular weight excluding hydrogens is 587 g/mol. The second-order valence-corrected chi connectivity index (χ2v) is 11.7. The lowest BCUT2D eigenvalue weighted by Crippen LogP contribution is -2.14. The summed E-state index contributed by atoms with van der Waals surface area (Å²) in [7, 11) is -3.71. The summed E-state index contributed by atoms with van der Waals surface area (Å²) in [5.41, 5.74) is 1.43. The molecule has 0 saturated carbocycles. The maximum Gasteiger partial charge on any atom is 0.416 e. The second-order valence-electron chi connectivity index (χ2n) is 9.23. The van der Waals surface area contributed by atoms with Crippen molar-refractivity contribution in [3.05, 3.63) is 114 Å². The number of benzene rings is 4. The standard InChI is InChI=1S/C28H19ClF3N3O3S.C3H6/c1-39(37,38)19-10-11-20(22(15-19)16-5-4-6-17(13-16)28(30,31)32)27(36)33-18-9-12-24(29)23(14-18)26-21-7-2-3-8-25(21)34-35-26;1-3-2/h2-15H,1H3,(H,33,36)(H,34,35);3H,1H2,2H3. The van der Waals surface area contributed by atoms with Crippen LogP contribution in [-0.4, -0.2) is 30.8 Å². The molecule has 5 aromatic rings. The van der Waals surface area contributed by atoms with Gasteiger partial charge in [-0.2, -0.15) is 18.3 Å². The zero-order chi connectivity index (χ0) is 30.7. The topological polar surface area (TPSA) is 91.9 Å². The third-order valence-corrected chi connectivity index (χ3v) is 7.55. The molecule has 1 amide bonds. The third kappa shape index (κ3) is 6.72. The number of rotatable bonds is 5. The van der Waals surface area contributed by atoms with E-state index < -0.39 is 27.5 Å². The van der Waals surface area contributed by atoms with Crippen LogP contribution in [0.5, 0.6) is 0 Å². The predicted octanol–water partition coefficient (Wildman–Crippen LogP) is 8.42. The molecule has 1 heterocycles. The Bertz CT molecular complexity index is 1900. The second kappa shape index (κ2) is 12.2. The number of nitrogens with one attached hydrogen (secondary N) is 2. The highest BCUT2D eigenvalue weighted by Crippen LogP contribution is 2.36. The Morgan fingerprint density at radius 1 is 0.976 bits per heavy atom. The van der Waals surface area contributed by atoms with E-state index in [9.17, 15) is 26.4 Å². The Hall–Kier alpha value is -4.41. The normalized spacial score (nSPS) is 11.5. The quantitative estimate of drug-likeness (QED) is 0.195. The molecule has 0 aliphatic rings. The van der Waals surface area contributed by atoms with Crippen LogP contribution in [0.4, 0.5) is 18.9 Å². The maximum absolute atomic E-state index is 13.4. The number of hydrogen-bond acceptors (Lipinski definition) is 4. The van der Waals surface area contributed by atoms with Gasteiger partial charge < -0.3 is 5.32 Å². The number of H-pyrrole nitrogens is 1. The lowest BCUT2D eigenvalue weighted by atomic mass is 9.97. The first kappa shape index (κ1) is 30.5. The molecule has 4 aromatic carbocycles. The summed E-state index contributed by atoms with van der Waals surface area (Å²) >= 11 is 6.44. The van der Waals surface area contributed by atoms with E-state index >= 15 is 0 Å². The highest BCUT2D eigenvalue weighted by molar-refractivity contribution is 7.90. The van der Waals surface area contributed by atoms with Crippen molar-refractivity contribution in [2.75, 3.05) is 11.6 Å². The Kier molecular flexibility index (Phi) is 8.89. The van der Waals surface area contributed by atoms with Crippen LogP contribution in [-0.2, 0) is 16.0 Å². The minimum Gasteiger partial charge on any atom is -0.322 e. The van der Waals surface area contributed by atoms with Gasteiger partial charge in [0.1, 0.15) is 5.69 Å². The van der Waals surface area contributed by atoms with E-state index in [2.05, 4.69) is 22.1 Å². The molecule has 0 aliphatic carbocycles. The number of fused-ring (bicyclic) bond motifs is 1. The number of para-hydroxylation sites is 1. The monoisotopic (exact) mass is 611 g/mol. The number of amides is 1. The first-order valence-electron chi connectivity index (χ1n) is 12.5. The van der Waals surface area contributed by atoms with Gasteiger partial charge in [-0.15, -0.1) is 6.58 Å². The van der Waals surface area contributed by atoms with Gasteiger partial charge in [0.05, 0.1) is 21.0 Å². The summed E-state index contributed by atoms with van der Waals surface area (Å²) in [5, 5.41) is 11.2. The van der Waals surface area contributed by atoms with Crippen molar-refractivity contribution in [1.82, 2.24) is 10.2 Å². The molecule has 11 heteroatoms. The van der Waals surface area contributed by atoms with E-state index in [1.54, 1.807) is 24.3 Å². The van der Waals surface area contributed by atoms with E-state index in [0.29, 0.717) is 22.0 Å². The fraction of sp³-hybridized carbons (Fsp3) is 0.0968. The Morgan fingerprint density at radius 3 is 2.38 bits per heavy atom. The van der Waals surface area contributed by atoms with E-state index in [4.69, 9.17) is 11.6 Å². The molecule has 0 aliphatic heterocycles. The van der Waals surface area contributed by atoms with Crippen LogP contribution in [0.2, 0.25) is 5.02 Å². The Morgan fingerprint density at radius 2 is 1.69 bits per heavy atom. The minimum absolute atomic E-state index is 0.0107. The van der Waals surface area contributed by atoms with Gasteiger partial charge in [0.2, 0.25) is 0 Å². The first-order chi connectivity index (χ1) is 19.8. The number of carbonyl (C=O) groups excluding carboxylic acids is 1. The van der Waals surface area contributed by atoms with Crippen LogP contribution in [0.3, 0.4) is 0 Å². The largest absolute Gasteiger partial charge is 0.416 e. The predicted molar refractivity (Wildman–Crippen MR) is 160 cm³/mol. The molecule has 0 unspecified atom stereocenters. The van der Waals surface area contributed by atoms with Crippen LogP contribution < -0.4 is 5.32 Å². The smallest absolute Gasteiger partial charge is 0.322 e. The van der Waals surface area contributed by atoms with E-state index in [1.807, 2.05) is 31.2 Å². The van der Waals surface area contributed by atoms with Gasteiger partial charge in [-0.25, -0.2) is 8.42 Å². The summed E-state index contributed by atoms with van der Waals surface area (Å²) in [5.74, 6) is -0.650. The number of aromatic amines is 1. The SMILES string of the molecule is C=CC.CS(=O)(=O)c1ccc(C(=O)Nc2ccc(Cl)c(-c3n[nH]c4ccccc34)c2)c(-c2cccc(C(F)(F)F)c2)c1. The molecule has 0 fully saturated rings. The van der Waals surface area contributed by atoms with Crippen LogP contribution in [0.1, 0.15) is 22.8 Å². The van der Waals surface area contributed by atoms with Crippen molar-refractivity contribution >= 4 is 43.9 Å². The molecule has 0 atom stereocenters. The summed E-state index contributed by atoms with van der Waals surface area (Å²) in [6.45, 7) is 5.25. The van der Waals surface area contributed by atoms with Gasteiger partial charge in [-0.1, -0.05) is 48.0 Å². The van der Waals surface area contributed by atoms with Gasteiger partial charge >= 0.3 is 6.18 Å². The lowest BCUT2D eigenvalue weighted by Gasteiger charge is -2.14. The number of sulfone groups is 1. The van der Waals surface area contributed by atoms with Gasteiger partial charge in [0.25, 0.3) is 5.91 Å². The van der Waals surface area contributed by atoms with Gasteiger partial charge in [-0.3, -0.25) is 9.89 Å². The van der Waals surface area contributed by atoms with Crippen molar-refractivity contribution in [2.24, 2.45) is 0 Å². The van der Waals surface area contributed by atoms with Crippen molar-refractivity contribution in [2.45, 2.75) is 18.0 Å².